The first kappa shape index (κ1) is 30.6. The number of carboxylic acids is 1. The Morgan fingerprint density at radius 2 is 1.58 bits per heavy atom. The molecule has 0 aromatic heterocycles. The minimum atomic E-state index is -1.04. The number of hydrogen-bond donors (Lipinski definition) is 2. The molecule has 43 heavy (non-hydrogen) atoms. The molecule has 0 spiro atoms. The van der Waals surface area contributed by atoms with Crippen LogP contribution in [0.15, 0.2) is 115 Å². The van der Waals surface area contributed by atoms with Gasteiger partial charge >= 0.3 is 5.97 Å². The molecule has 0 aliphatic heterocycles. The number of anilines is 2. The van der Waals surface area contributed by atoms with E-state index in [0.29, 0.717) is 39.6 Å². The van der Waals surface area contributed by atoms with Crippen LogP contribution in [0.1, 0.15) is 28.4 Å². The molecule has 0 heterocycles. The van der Waals surface area contributed by atoms with E-state index in [2.05, 4.69) is 11.9 Å². The molecule has 0 bridgehead atoms. The number of aliphatic carboxylic acids is 1. The molecule has 4 aromatic rings. The minimum absolute atomic E-state index is 0.181. The highest BCUT2D eigenvalue weighted by Gasteiger charge is 2.22. The van der Waals surface area contributed by atoms with Gasteiger partial charge in [-0.05, 0) is 48.9 Å². The lowest BCUT2D eigenvalue weighted by Gasteiger charge is -2.23. The second-order valence-electron chi connectivity index (χ2n) is 9.91. The maximum absolute atomic E-state index is 13.1. The zero-order valence-electron chi connectivity index (χ0n) is 24.2. The number of carboxylic acid groups (broad SMARTS) is 1. The highest BCUT2D eigenvalue weighted by molar-refractivity contribution is 6.12. The predicted molar refractivity (Wildman–Crippen MR) is 167 cm³/mol. The van der Waals surface area contributed by atoms with Gasteiger partial charge in [-0.2, -0.15) is 0 Å². The molecule has 0 aliphatic carbocycles. The standard InChI is InChI=1S/C35H34N2O6/c1-24(2)34(39)37(27-12-9-13-29(23-27)42-3)20-21-43-28-18-16-25(17-19-28)22-32(35(40)41)36-31-15-8-7-14-30(31)33(38)26-10-5-4-6-11-26/h4-19,23,32,36H,1,20-22H2,2-3H3,(H,40,41). The van der Waals surface area contributed by atoms with Crippen molar-refractivity contribution in [1.29, 1.82) is 0 Å². The molecule has 220 valence electrons. The van der Waals surface area contributed by atoms with Gasteiger partial charge < -0.3 is 24.8 Å². The van der Waals surface area contributed by atoms with E-state index in [4.69, 9.17) is 9.47 Å². The van der Waals surface area contributed by atoms with Gasteiger partial charge in [0.25, 0.3) is 5.91 Å². The third-order valence-corrected chi connectivity index (χ3v) is 6.76. The van der Waals surface area contributed by atoms with E-state index < -0.39 is 12.0 Å². The van der Waals surface area contributed by atoms with E-state index in [-0.39, 0.29) is 31.3 Å². The molecule has 0 saturated carbocycles. The number of nitrogens with zero attached hydrogens (tertiary/aromatic N) is 1. The molecule has 1 atom stereocenters. The number of rotatable bonds is 14. The highest BCUT2D eigenvalue weighted by atomic mass is 16.5. The lowest BCUT2D eigenvalue weighted by Crippen LogP contribution is -2.35. The smallest absolute Gasteiger partial charge is 0.326 e. The lowest BCUT2D eigenvalue weighted by molar-refractivity contribution is -0.137. The molecule has 8 heteroatoms. The second-order valence-corrected chi connectivity index (χ2v) is 9.91. The quantitative estimate of drug-likeness (QED) is 0.139. The van der Waals surface area contributed by atoms with Gasteiger partial charge in [-0.15, -0.1) is 0 Å². The van der Waals surface area contributed by atoms with E-state index in [9.17, 15) is 19.5 Å². The van der Waals surface area contributed by atoms with Crippen LogP contribution in [-0.4, -0.2) is 49.1 Å². The van der Waals surface area contributed by atoms with Crippen LogP contribution in [0.3, 0.4) is 0 Å². The largest absolute Gasteiger partial charge is 0.497 e. The van der Waals surface area contributed by atoms with E-state index >= 15 is 0 Å². The average molecular weight is 579 g/mol. The number of para-hydroxylation sites is 1. The van der Waals surface area contributed by atoms with E-state index in [1.54, 1.807) is 104 Å². The number of benzene rings is 4. The van der Waals surface area contributed by atoms with E-state index in [0.717, 1.165) is 5.56 Å². The van der Waals surface area contributed by atoms with E-state index in [1.165, 1.54) is 0 Å². The number of nitrogens with one attached hydrogen (secondary N) is 1. The summed E-state index contributed by atoms with van der Waals surface area (Å²) in [6.45, 7) is 5.95. The van der Waals surface area contributed by atoms with E-state index in [1.807, 2.05) is 18.2 Å². The summed E-state index contributed by atoms with van der Waals surface area (Å²) in [4.78, 5) is 39.7. The van der Waals surface area contributed by atoms with Crippen LogP contribution in [0.25, 0.3) is 0 Å². The SMILES string of the molecule is C=C(C)C(=O)N(CCOc1ccc(CC(Nc2ccccc2C(=O)c2ccccc2)C(=O)O)cc1)c1cccc(OC)c1. The van der Waals surface area contributed by atoms with Gasteiger partial charge in [0.15, 0.2) is 5.78 Å². The molecule has 0 radical (unpaired) electrons. The summed E-state index contributed by atoms with van der Waals surface area (Å²) in [6, 6.07) is 29.1. The monoisotopic (exact) mass is 578 g/mol. The number of methoxy groups -OCH3 is 1. The number of hydrogen-bond acceptors (Lipinski definition) is 6. The fourth-order valence-corrected chi connectivity index (χ4v) is 4.51. The Balaban J connectivity index is 1.40. The molecule has 1 unspecified atom stereocenters. The molecule has 0 aliphatic rings. The molecular weight excluding hydrogens is 544 g/mol. The maximum atomic E-state index is 13.1. The fourth-order valence-electron chi connectivity index (χ4n) is 4.51. The first-order chi connectivity index (χ1) is 20.8. The number of amides is 1. The summed E-state index contributed by atoms with van der Waals surface area (Å²) in [7, 11) is 1.57. The van der Waals surface area contributed by atoms with Gasteiger partial charge in [-0.25, -0.2) is 4.79 Å². The maximum Gasteiger partial charge on any atom is 0.326 e. The average Bonchev–Trinajstić information content (AvgIpc) is 3.03. The molecule has 0 saturated heterocycles. The highest BCUT2D eigenvalue weighted by Crippen LogP contribution is 2.24. The van der Waals surface area contributed by atoms with Crippen molar-refractivity contribution in [2.24, 2.45) is 0 Å². The van der Waals surface area contributed by atoms with Crippen LogP contribution in [0.4, 0.5) is 11.4 Å². The predicted octanol–water partition coefficient (Wildman–Crippen LogP) is 6.02. The molecule has 4 aromatic carbocycles. The second kappa shape index (κ2) is 14.5. The number of ketones is 1. The molecule has 2 N–H and O–H groups in total. The Morgan fingerprint density at radius 3 is 2.26 bits per heavy atom. The first-order valence-corrected chi connectivity index (χ1v) is 13.8. The van der Waals surface area contributed by atoms with Gasteiger partial charge in [0.1, 0.15) is 24.1 Å². The summed E-state index contributed by atoms with van der Waals surface area (Å²) >= 11 is 0. The number of carbonyl (C=O) groups is 3. The summed E-state index contributed by atoms with van der Waals surface area (Å²) in [6.07, 6.45) is 0.181. The van der Waals surface area contributed by atoms with Crippen LogP contribution < -0.4 is 19.7 Å². The van der Waals surface area contributed by atoms with Crippen molar-refractivity contribution in [3.8, 4) is 11.5 Å². The van der Waals surface area contributed by atoms with Crippen LogP contribution in [0.2, 0.25) is 0 Å². The topological polar surface area (TPSA) is 105 Å². The summed E-state index contributed by atoms with van der Waals surface area (Å²) in [5.41, 5.74) is 3.22. The van der Waals surface area contributed by atoms with Crippen molar-refractivity contribution in [3.63, 3.8) is 0 Å². The van der Waals surface area contributed by atoms with Crippen molar-refractivity contribution in [3.05, 3.63) is 132 Å². The van der Waals surface area contributed by atoms with Gasteiger partial charge in [-0.1, -0.05) is 67.2 Å². The third kappa shape index (κ3) is 8.10. The molecular formula is C35H34N2O6. The lowest BCUT2D eigenvalue weighted by atomic mass is 10.00. The molecule has 1 amide bonds. The number of carbonyl (C=O) groups excluding carboxylic acids is 2. The molecule has 0 fully saturated rings. The summed E-state index contributed by atoms with van der Waals surface area (Å²) in [5, 5.41) is 13.0. The zero-order valence-corrected chi connectivity index (χ0v) is 24.2. The normalized spacial score (nSPS) is 11.2. The van der Waals surface area contributed by atoms with Crippen LogP contribution in [-0.2, 0) is 16.0 Å². The van der Waals surface area contributed by atoms with Crippen LogP contribution in [0, 0.1) is 0 Å². The van der Waals surface area contributed by atoms with Gasteiger partial charge in [0, 0.05) is 40.6 Å². The van der Waals surface area contributed by atoms with Crippen molar-refractivity contribution in [2.45, 2.75) is 19.4 Å². The van der Waals surface area contributed by atoms with Crippen molar-refractivity contribution < 1.29 is 29.0 Å². The van der Waals surface area contributed by atoms with Gasteiger partial charge in [0.05, 0.1) is 13.7 Å². The first-order valence-electron chi connectivity index (χ1n) is 13.8. The summed E-state index contributed by atoms with van der Waals surface area (Å²) in [5.74, 6) is -0.234. The van der Waals surface area contributed by atoms with Crippen molar-refractivity contribution in [2.75, 3.05) is 30.5 Å². The van der Waals surface area contributed by atoms with Crippen LogP contribution >= 0.6 is 0 Å². The molecule has 8 nitrogen and oxygen atoms in total. The molecule has 4 rings (SSSR count). The van der Waals surface area contributed by atoms with Gasteiger partial charge in [0.2, 0.25) is 0 Å². The summed E-state index contributed by atoms with van der Waals surface area (Å²) < 4.78 is 11.2. The number of ether oxygens (including phenoxy) is 2. The fraction of sp³-hybridized carbons (Fsp3) is 0.171. The van der Waals surface area contributed by atoms with Gasteiger partial charge in [-0.3, -0.25) is 9.59 Å². The Bertz CT molecular complexity index is 1580. The van der Waals surface area contributed by atoms with Crippen LogP contribution in [0.5, 0.6) is 11.5 Å². The Kier molecular flexibility index (Phi) is 10.3. The Hall–Kier alpha value is -5.37. The third-order valence-electron chi connectivity index (χ3n) is 6.76. The Labute approximate surface area is 251 Å². The Morgan fingerprint density at radius 1 is 0.884 bits per heavy atom. The zero-order chi connectivity index (χ0) is 30.8. The van der Waals surface area contributed by atoms with Crippen molar-refractivity contribution >= 4 is 29.0 Å². The van der Waals surface area contributed by atoms with Crippen molar-refractivity contribution in [1.82, 2.24) is 0 Å². The minimum Gasteiger partial charge on any atom is -0.497 e.